The number of hydrogen-bond acceptors (Lipinski definition) is 4. The van der Waals surface area contributed by atoms with Crippen LogP contribution in [0, 0.1) is 12.8 Å². The van der Waals surface area contributed by atoms with Crippen molar-refractivity contribution in [3.63, 3.8) is 0 Å². The van der Waals surface area contributed by atoms with Gasteiger partial charge in [-0.2, -0.15) is 0 Å². The van der Waals surface area contributed by atoms with Crippen LogP contribution in [0.25, 0.3) is 10.9 Å². The van der Waals surface area contributed by atoms with Gasteiger partial charge >= 0.3 is 6.03 Å². The molecule has 146 valence electrons. The zero-order valence-corrected chi connectivity index (χ0v) is 16.3. The third-order valence-electron chi connectivity index (χ3n) is 5.81. The van der Waals surface area contributed by atoms with Crippen LogP contribution in [0.4, 0.5) is 10.5 Å². The van der Waals surface area contributed by atoms with Gasteiger partial charge in [-0.15, -0.1) is 0 Å². The first-order valence-corrected chi connectivity index (χ1v) is 9.67. The average Bonchev–Trinajstić information content (AvgIpc) is 3.48. The van der Waals surface area contributed by atoms with E-state index in [1.54, 1.807) is 6.92 Å². The number of aryl methyl sites for hydroxylation is 1. The quantitative estimate of drug-likeness (QED) is 0.781. The molecule has 2 aromatic rings. The molecule has 7 heteroatoms. The summed E-state index contributed by atoms with van der Waals surface area (Å²) in [7, 11) is 0. The van der Waals surface area contributed by atoms with Crippen LogP contribution in [0.3, 0.4) is 0 Å². The Bertz CT molecular complexity index is 999. The lowest BCUT2D eigenvalue weighted by atomic mass is 9.96. The molecule has 0 unspecified atom stereocenters. The number of pyridine rings is 1. The van der Waals surface area contributed by atoms with Gasteiger partial charge in [-0.3, -0.25) is 19.5 Å². The Balaban J connectivity index is 1.59. The summed E-state index contributed by atoms with van der Waals surface area (Å²) in [6, 6.07) is 7.11. The fraction of sp³-hybridized carbons (Fsp3) is 0.429. The summed E-state index contributed by atoms with van der Waals surface area (Å²) in [5, 5.41) is 6.55. The zero-order chi connectivity index (χ0) is 20.1. The second-order valence-electron chi connectivity index (χ2n) is 7.77. The Kier molecular flexibility index (Phi) is 4.33. The van der Waals surface area contributed by atoms with E-state index in [4.69, 9.17) is 0 Å². The van der Waals surface area contributed by atoms with E-state index < -0.39 is 17.5 Å². The van der Waals surface area contributed by atoms with Gasteiger partial charge in [0.25, 0.3) is 5.91 Å². The first kappa shape index (κ1) is 18.4. The molecule has 0 spiro atoms. The van der Waals surface area contributed by atoms with Crippen LogP contribution >= 0.6 is 0 Å². The number of aromatic nitrogens is 1. The number of carbonyl (C=O) groups is 3. The van der Waals surface area contributed by atoms with Crippen LogP contribution in [0.5, 0.6) is 0 Å². The number of carbonyl (C=O) groups excluding carboxylic acids is 3. The highest BCUT2D eigenvalue weighted by molar-refractivity contribution is 6.11. The number of fused-ring (bicyclic) bond motifs is 1. The van der Waals surface area contributed by atoms with Gasteiger partial charge in [-0.25, -0.2) is 4.79 Å². The first-order chi connectivity index (χ1) is 13.3. The van der Waals surface area contributed by atoms with Gasteiger partial charge in [0.15, 0.2) is 0 Å². The number of nitrogens with one attached hydrogen (secondary N) is 2. The molecule has 4 amide bonds. The number of urea groups is 1. The van der Waals surface area contributed by atoms with E-state index in [1.165, 1.54) is 0 Å². The van der Waals surface area contributed by atoms with Crippen LogP contribution in [-0.2, 0) is 16.0 Å². The minimum absolute atomic E-state index is 0.162. The molecule has 7 nitrogen and oxygen atoms in total. The van der Waals surface area contributed by atoms with Crippen molar-refractivity contribution >= 4 is 34.4 Å². The fourth-order valence-corrected chi connectivity index (χ4v) is 4.07. The lowest BCUT2D eigenvalue weighted by Gasteiger charge is -2.21. The Morgan fingerprint density at radius 2 is 2.04 bits per heavy atom. The highest BCUT2D eigenvalue weighted by atomic mass is 16.2. The Morgan fingerprint density at radius 1 is 1.32 bits per heavy atom. The number of benzene rings is 1. The number of para-hydroxylation sites is 1. The highest BCUT2D eigenvalue weighted by Crippen LogP contribution is 2.42. The number of amides is 4. The highest BCUT2D eigenvalue weighted by Gasteiger charge is 2.56. The predicted molar refractivity (Wildman–Crippen MR) is 106 cm³/mol. The monoisotopic (exact) mass is 380 g/mol. The maximum atomic E-state index is 12.8. The smallest absolute Gasteiger partial charge is 0.324 e. The standard InChI is InChI=1S/C21H24N4O3/c1-4-14-12(2)22-16-8-6-5-7-15(16)18(14)23-17(26)11-25-19(27)21(3,13-9-10-13)24-20(25)28/h5-8,13H,4,9-11H2,1-3H3,(H,24,28)(H,22,23,26)/t21-/m0/s1. The summed E-state index contributed by atoms with van der Waals surface area (Å²) in [4.78, 5) is 43.5. The molecule has 0 bridgehead atoms. The molecule has 1 aliphatic heterocycles. The molecule has 1 saturated carbocycles. The van der Waals surface area contributed by atoms with Crippen molar-refractivity contribution in [3.05, 3.63) is 35.5 Å². The molecular weight excluding hydrogens is 356 g/mol. The van der Waals surface area contributed by atoms with Gasteiger partial charge in [-0.05, 0) is 50.7 Å². The molecule has 2 fully saturated rings. The van der Waals surface area contributed by atoms with E-state index in [0.29, 0.717) is 12.1 Å². The SMILES string of the molecule is CCc1c(C)nc2ccccc2c1NC(=O)CN1C(=O)N[C@@](C)(C2CC2)C1=O. The molecule has 28 heavy (non-hydrogen) atoms. The van der Waals surface area contributed by atoms with Gasteiger partial charge in [0.05, 0.1) is 11.2 Å². The van der Waals surface area contributed by atoms with E-state index in [9.17, 15) is 14.4 Å². The van der Waals surface area contributed by atoms with Crippen molar-refractivity contribution in [2.24, 2.45) is 5.92 Å². The third kappa shape index (κ3) is 2.91. The van der Waals surface area contributed by atoms with Crippen molar-refractivity contribution in [2.75, 3.05) is 11.9 Å². The lowest BCUT2D eigenvalue weighted by molar-refractivity contribution is -0.134. The second-order valence-corrected chi connectivity index (χ2v) is 7.77. The molecule has 2 heterocycles. The normalized spacial score (nSPS) is 21.9. The minimum atomic E-state index is -0.883. The lowest BCUT2D eigenvalue weighted by Crippen LogP contribution is -2.46. The molecule has 0 radical (unpaired) electrons. The number of rotatable bonds is 5. The topological polar surface area (TPSA) is 91.4 Å². The summed E-state index contributed by atoms with van der Waals surface area (Å²) in [6.45, 7) is 5.37. The molecule has 4 rings (SSSR count). The van der Waals surface area contributed by atoms with Crippen molar-refractivity contribution < 1.29 is 14.4 Å². The van der Waals surface area contributed by atoms with E-state index in [1.807, 2.05) is 38.1 Å². The molecule has 1 aromatic heterocycles. The molecule has 1 saturated heterocycles. The average molecular weight is 380 g/mol. The van der Waals surface area contributed by atoms with Gasteiger partial charge in [-0.1, -0.05) is 25.1 Å². The Labute approximate surface area is 163 Å². The summed E-state index contributed by atoms with van der Waals surface area (Å²) in [5.74, 6) is -0.550. The third-order valence-corrected chi connectivity index (χ3v) is 5.81. The minimum Gasteiger partial charge on any atom is -0.324 e. The van der Waals surface area contributed by atoms with Gasteiger partial charge in [0, 0.05) is 11.1 Å². The van der Waals surface area contributed by atoms with Crippen LogP contribution in [0.1, 0.15) is 37.9 Å². The number of nitrogens with zero attached hydrogens (tertiary/aromatic N) is 2. The summed E-state index contributed by atoms with van der Waals surface area (Å²) < 4.78 is 0. The van der Waals surface area contributed by atoms with Crippen molar-refractivity contribution in [1.29, 1.82) is 0 Å². The molecule has 1 aliphatic carbocycles. The first-order valence-electron chi connectivity index (χ1n) is 9.67. The Hall–Kier alpha value is -2.96. The maximum Gasteiger partial charge on any atom is 0.325 e. The zero-order valence-electron chi connectivity index (χ0n) is 16.3. The van der Waals surface area contributed by atoms with E-state index >= 15 is 0 Å². The predicted octanol–water partition coefficient (Wildman–Crippen LogP) is 2.76. The fourth-order valence-electron chi connectivity index (χ4n) is 4.07. The van der Waals surface area contributed by atoms with Gasteiger partial charge in [0.2, 0.25) is 5.91 Å². The van der Waals surface area contributed by atoms with Crippen LogP contribution in [0.15, 0.2) is 24.3 Å². The van der Waals surface area contributed by atoms with E-state index in [-0.39, 0.29) is 18.4 Å². The van der Waals surface area contributed by atoms with Crippen molar-refractivity contribution in [1.82, 2.24) is 15.2 Å². The van der Waals surface area contributed by atoms with Crippen LogP contribution < -0.4 is 10.6 Å². The summed E-state index contributed by atoms with van der Waals surface area (Å²) in [5.41, 5.74) is 2.42. The summed E-state index contributed by atoms with van der Waals surface area (Å²) in [6.07, 6.45) is 2.55. The second kappa shape index (κ2) is 6.58. The molecule has 2 aliphatic rings. The van der Waals surface area contributed by atoms with Crippen molar-refractivity contribution in [3.8, 4) is 0 Å². The molecular formula is C21H24N4O3. The molecule has 2 N–H and O–H groups in total. The summed E-state index contributed by atoms with van der Waals surface area (Å²) >= 11 is 0. The van der Waals surface area contributed by atoms with E-state index in [0.717, 1.165) is 39.9 Å². The number of imide groups is 1. The van der Waals surface area contributed by atoms with Gasteiger partial charge in [0.1, 0.15) is 12.1 Å². The molecule has 1 atom stereocenters. The number of hydrogen-bond donors (Lipinski definition) is 2. The number of anilines is 1. The Morgan fingerprint density at radius 3 is 2.71 bits per heavy atom. The van der Waals surface area contributed by atoms with E-state index in [2.05, 4.69) is 15.6 Å². The molecule has 1 aromatic carbocycles. The van der Waals surface area contributed by atoms with Crippen LogP contribution in [0.2, 0.25) is 0 Å². The largest absolute Gasteiger partial charge is 0.325 e. The van der Waals surface area contributed by atoms with Crippen molar-refractivity contribution in [2.45, 2.75) is 45.6 Å². The maximum absolute atomic E-state index is 12.8. The van der Waals surface area contributed by atoms with Gasteiger partial charge < -0.3 is 10.6 Å². The van der Waals surface area contributed by atoms with Crippen LogP contribution in [-0.4, -0.2) is 39.8 Å².